The molecule has 0 saturated heterocycles. The summed E-state index contributed by atoms with van der Waals surface area (Å²) in [7, 11) is 0. The molecular formula is C17H18N2O3. The van der Waals surface area contributed by atoms with Crippen LogP contribution in [0.3, 0.4) is 0 Å². The number of para-hydroxylation sites is 2. The largest absolute Gasteiger partial charge is 0.486 e. The van der Waals surface area contributed by atoms with Gasteiger partial charge in [0.1, 0.15) is 6.61 Å². The fraction of sp³-hybridized carbons (Fsp3) is 0.294. The molecule has 0 radical (unpaired) electrons. The highest BCUT2D eigenvalue weighted by atomic mass is 16.6. The predicted octanol–water partition coefficient (Wildman–Crippen LogP) is 2.38. The molecule has 114 valence electrons. The van der Waals surface area contributed by atoms with Gasteiger partial charge in [-0.1, -0.05) is 12.1 Å². The van der Waals surface area contributed by atoms with Crippen LogP contribution in [0, 0.1) is 0 Å². The Bertz CT molecular complexity index is 645. The Morgan fingerprint density at radius 3 is 2.68 bits per heavy atom. The van der Waals surface area contributed by atoms with E-state index in [0.29, 0.717) is 25.3 Å². The van der Waals surface area contributed by atoms with Crippen molar-refractivity contribution < 1.29 is 14.3 Å². The van der Waals surface area contributed by atoms with Crippen LogP contribution in [0.1, 0.15) is 17.3 Å². The third kappa shape index (κ3) is 3.03. The van der Waals surface area contributed by atoms with Crippen molar-refractivity contribution in [3.8, 4) is 11.5 Å². The third-order valence-corrected chi connectivity index (χ3v) is 3.59. The molecule has 0 N–H and O–H groups in total. The number of ether oxygens (including phenoxy) is 2. The molecule has 1 atom stereocenters. The van der Waals surface area contributed by atoms with Crippen LogP contribution in [0.5, 0.6) is 11.5 Å². The fourth-order valence-corrected chi connectivity index (χ4v) is 2.43. The minimum atomic E-state index is -0.166. The Morgan fingerprint density at radius 1 is 1.23 bits per heavy atom. The van der Waals surface area contributed by atoms with E-state index < -0.39 is 0 Å². The smallest absolute Gasteiger partial charge is 0.254 e. The van der Waals surface area contributed by atoms with E-state index in [1.54, 1.807) is 29.4 Å². The molecule has 5 heteroatoms. The van der Waals surface area contributed by atoms with Gasteiger partial charge in [0.25, 0.3) is 5.91 Å². The second kappa shape index (κ2) is 6.47. The van der Waals surface area contributed by atoms with E-state index in [1.165, 1.54) is 0 Å². The van der Waals surface area contributed by atoms with Crippen LogP contribution in [-0.2, 0) is 0 Å². The molecule has 1 amide bonds. The van der Waals surface area contributed by atoms with Gasteiger partial charge >= 0.3 is 0 Å². The number of carbonyl (C=O) groups is 1. The van der Waals surface area contributed by atoms with E-state index in [2.05, 4.69) is 4.98 Å². The van der Waals surface area contributed by atoms with Crippen LogP contribution >= 0.6 is 0 Å². The Balaban J connectivity index is 1.68. The predicted molar refractivity (Wildman–Crippen MR) is 82.2 cm³/mol. The molecule has 0 spiro atoms. The number of fused-ring (bicyclic) bond motifs is 1. The standard InChI is InChI=1S/C17H18N2O3/c1-2-19(17(20)13-7-9-18-10-8-13)11-14-12-21-15-5-3-4-6-16(15)22-14/h3-10,14H,2,11-12H2,1H3. The first-order chi connectivity index (χ1) is 10.8. The van der Waals surface area contributed by atoms with Gasteiger partial charge in [-0.2, -0.15) is 0 Å². The maximum atomic E-state index is 12.5. The van der Waals surface area contributed by atoms with Crippen molar-refractivity contribution in [3.05, 3.63) is 54.4 Å². The number of carbonyl (C=O) groups excluding carboxylic acids is 1. The molecule has 2 aromatic rings. The maximum absolute atomic E-state index is 12.5. The van der Waals surface area contributed by atoms with Crippen molar-refractivity contribution in [1.82, 2.24) is 9.88 Å². The lowest BCUT2D eigenvalue weighted by Crippen LogP contribution is -2.43. The van der Waals surface area contributed by atoms with Gasteiger partial charge in [-0.05, 0) is 31.2 Å². The Morgan fingerprint density at radius 2 is 1.95 bits per heavy atom. The van der Waals surface area contributed by atoms with Gasteiger partial charge in [-0.3, -0.25) is 9.78 Å². The monoisotopic (exact) mass is 298 g/mol. The molecule has 0 aliphatic carbocycles. The molecule has 0 saturated carbocycles. The summed E-state index contributed by atoms with van der Waals surface area (Å²) in [5.41, 5.74) is 0.633. The molecule has 2 heterocycles. The lowest BCUT2D eigenvalue weighted by Gasteiger charge is -2.31. The number of pyridine rings is 1. The Labute approximate surface area is 129 Å². The summed E-state index contributed by atoms with van der Waals surface area (Å²) >= 11 is 0. The highest BCUT2D eigenvalue weighted by Crippen LogP contribution is 2.31. The quantitative estimate of drug-likeness (QED) is 0.869. The number of aromatic nitrogens is 1. The number of rotatable bonds is 4. The summed E-state index contributed by atoms with van der Waals surface area (Å²) in [6.45, 7) is 3.50. The zero-order valence-corrected chi connectivity index (χ0v) is 12.4. The van der Waals surface area contributed by atoms with Crippen LogP contribution in [0.15, 0.2) is 48.8 Å². The van der Waals surface area contributed by atoms with E-state index in [0.717, 1.165) is 11.5 Å². The first-order valence-corrected chi connectivity index (χ1v) is 7.35. The van der Waals surface area contributed by atoms with Gasteiger partial charge in [0.15, 0.2) is 17.6 Å². The van der Waals surface area contributed by atoms with Crippen molar-refractivity contribution in [2.24, 2.45) is 0 Å². The Hall–Kier alpha value is -2.56. The molecule has 1 aliphatic rings. The van der Waals surface area contributed by atoms with Crippen LogP contribution in [0.25, 0.3) is 0 Å². The van der Waals surface area contributed by atoms with Gasteiger partial charge in [0, 0.05) is 24.5 Å². The van der Waals surface area contributed by atoms with Crippen LogP contribution in [-0.4, -0.2) is 41.6 Å². The summed E-state index contributed by atoms with van der Waals surface area (Å²) in [4.78, 5) is 18.2. The summed E-state index contributed by atoms with van der Waals surface area (Å²) in [5.74, 6) is 1.46. The average Bonchev–Trinajstić information content (AvgIpc) is 2.59. The minimum Gasteiger partial charge on any atom is -0.486 e. The fourth-order valence-electron chi connectivity index (χ4n) is 2.43. The van der Waals surface area contributed by atoms with Crippen molar-refractivity contribution in [2.45, 2.75) is 13.0 Å². The maximum Gasteiger partial charge on any atom is 0.254 e. The first kappa shape index (κ1) is 14.4. The average molecular weight is 298 g/mol. The molecule has 1 aromatic heterocycles. The minimum absolute atomic E-state index is 0.0210. The van der Waals surface area contributed by atoms with Gasteiger partial charge in [0.05, 0.1) is 6.54 Å². The first-order valence-electron chi connectivity index (χ1n) is 7.35. The molecule has 1 unspecified atom stereocenters. The summed E-state index contributed by atoms with van der Waals surface area (Å²) < 4.78 is 11.6. The second-order valence-electron chi connectivity index (χ2n) is 5.08. The number of amides is 1. The van der Waals surface area contributed by atoms with Gasteiger partial charge < -0.3 is 14.4 Å². The van der Waals surface area contributed by atoms with Crippen molar-refractivity contribution >= 4 is 5.91 Å². The van der Waals surface area contributed by atoms with E-state index in [1.807, 2.05) is 31.2 Å². The normalized spacial score (nSPS) is 16.1. The molecule has 0 fully saturated rings. The van der Waals surface area contributed by atoms with Crippen LogP contribution < -0.4 is 9.47 Å². The van der Waals surface area contributed by atoms with E-state index in [9.17, 15) is 4.79 Å². The second-order valence-corrected chi connectivity index (χ2v) is 5.08. The van der Waals surface area contributed by atoms with Crippen LogP contribution in [0.4, 0.5) is 0 Å². The van der Waals surface area contributed by atoms with E-state index in [-0.39, 0.29) is 12.0 Å². The molecular weight excluding hydrogens is 280 g/mol. The lowest BCUT2D eigenvalue weighted by atomic mass is 10.2. The number of benzene rings is 1. The Kier molecular flexibility index (Phi) is 4.23. The number of likely N-dealkylation sites (N-methyl/N-ethyl adjacent to an activating group) is 1. The topological polar surface area (TPSA) is 51.7 Å². The van der Waals surface area contributed by atoms with Crippen molar-refractivity contribution in [2.75, 3.05) is 19.7 Å². The molecule has 3 rings (SSSR count). The zero-order chi connectivity index (χ0) is 15.4. The summed E-state index contributed by atoms with van der Waals surface area (Å²) in [6, 6.07) is 11.0. The molecule has 5 nitrogen and oxygen atoms in total. The molecule has 1 aromatic carbocycles. The van der Waals surface area contributed by atoms with Crippen molar-refractivity contribution in [3.63, 3.8) is 0 Å². The number of hydrogen-bond acceptors (Lipinski definition) is 4. The molecule has 0 bridgehead atoms. The highest BCUT2D eigenvalue weighted by Gasteiger charge is 2.25. The van der Waals surface area contributed by atoms with Crippen molar-refractivity contribution in [1.29, 1.82) is 0 Å². The molecule has 22 heavy (non-hydrogen) atoms. The van der Waals surface area contributed by atoms with E-state index >= 15 is 0 Å². The zero-order valence-electron chi connectivity index (χ0n) is 12.4. The highest BCUT2D eigenvalue weighted by molar-refractivity contribution is 5.94. The van der Waals surface area contributed by atoms with Crippen LogP contribution in [0.2, 0.25) is 0 Å². The summed E-state index contributed by atoms with van der Waals surface area (Å²) in [5, 5.41) is 0. The lowest BCUT2D eigenvalue weighted by molar-refractivity contribution is 0.0475. The third-order valence-electron chi connectivity index (χ3n) is 3.59. The number of nitrogens with zero attached hydrogens (tertiary/aromatic N) is 2. The van der Waals surface area contributed by atoms with Gasteiger partial charge in [-0.25, -0.2) is 0 Å². The van der Waals surface area contributed by atoms with Gasteiger partial charge in [0.2, 0.25) is 0 Å². The van der Waals surface area contributed by atoms with Gasteiger partial charge in [-0.15, -0.1) is 0 Å². The van der Waals surface area contributed by atoms with E-state index in [4.69, 9.17) is 9.47 Å². The molecule has 1 aliphatic heterocycles. The summed E-state index contributed by atoms with van der Waals surface area (Å²) in [6.07, 6.45) is 3.08. The SMILES string of the molecule is CCN(CC1COc2ccccc2O1)C(=O)c1ccncc1. The number of hydrogen-bond donors (Lipinski definition) is 0.